The fourth-order valence-electron chi connectivity index (χ4n) is 2.33. The maximum atomic E-state index is 6.15. The van der Waals surface area contributed by atoms with Gasteiger partial charge < -0.3 is 10.6 Å². The molecule has 1 heterocycles. The number of nitrogens with two attached hydrogens (primary N) is 1. The monoisotopic (exact) mass is 318 g/mol. The summed E-state index contributed by atoms with van der Waals surface area (Å²) >= 11 is 13.9. The van der Waals surface area contributed by atoms with E-state index in [9.17, 15) is 0 Å². The van der Waals surface area contributed by atoms with Crippen molar-refractivity contribution in [2.45, 2.75) is 24.3 Å². The van der Waals surface area contributed by atoms with Crippen molar-refractivity contribution in [2.24, 2.45) is 11.7 Å². The molecule has 5 heteroatoms. The van der Waals surface area contributed by atoms with Crippen molar-refractivity contribution in [1.82, 2.24) is 4.90 Å². The van der Waals surface area contributed by atoms with E-state index in [0.29, 0.717) is 12.0 Å². The Morgan fingerprint density at radius 2 is 2.21 bits per heavy atom. The van der Waals surface area contributed by atoms with Crippen molar-refractivity contribution >= 4 is 35.0 Å². The highest BCUT2D eigenvalue weighted by Gasteiger charge is 2.22. The quantitative estimate of drug-likeness (QED) is 0.857. The lowest BCUT2D eigenvalue weighted by molar-refractivity contribution is 0.173. The molecular weight excluding hydrogens is 299 g/mol. The van der Waals surface area contributed by atoms with Gasteiger partial charge in [0, 0.05) is 34.8 Å². The minimum atomic E-state index is 0.367. The predicted octanol–water partition coefficient (Wildman–Crippen LogP) is 3.75. The summed E-state index contributed by atoms with van der Waals surface area (Å²) in [5, 5.41) is 1.52. The molecule has 1 saturated heterocycles. The average Bonchev–Trinajstić information content (AvgIpc) is 2.38. The summed E-state index contributed by atoms with van der Waals surface area (Å²) in [4.78, 5) is 3.55. The molecule has 1 aliphatic heterocycles. The Morgan fingerprint density at radius 3 is 2.95 bits per heavy atom. The summed E-state index contributed by atoms with van der Waals surface area (Å²) in [6, 6.07) is 5.98. The van der Waals surface area contributed by atoms with Crippen molar-refractivity contribution in [3.63, 3.8) is 0 Å². The van der Waals surface area contributed by atoms with E-state index in [1.807, 2.05) is 18.2 Å². The second-order valence-corrected chi connectivity index (χ2v) is 7.13. The lowest BCUT2D eigenvalue weighted by Gasteiger charge is -2.34. The Balaban J connectivity index is 1.79. The molecule has 0 spiro atoms. The van der Waals surface area contributed by atoms with Crippen LogP contribution in [0.4, 0.5) is 0 Å². The van der Waals surface area contributed by atoms with Crippen molar-refractivity contribution in [3.8, 4) is 0 Å². The van der Waals surface area contributed by atoms with Gasteiger partial charge in [-0.1, -0.05) is 30.1 Å². The van der Waals surface area contributed by atoms with Crippen LogP contribution in [0.1, 0.15) is 13.3 Å². The minimum Gasteiger partial charge on any atom is -0.327 e. The smallest absolute Gasteiger partial charge is 0.0542 e. The Bertz CT molecular complexity index is 428. The summed E-state index contributed by atoms with van der Waals surface area (Å²) in [6.07, 6.45) is 1.10. The lowest BCUT2D eigenvalue weighted by Crippen LogP contribution is -2.46. The second kappa shape index (κ2) is 7.19. The van der Waals surface area contributed by atoms with E-state index in [0.717, 1.165) is 46.7 Å². The van der Waals surface area contributed by atoms with Crippen LogP contribution in [0.2, 0.25) is 10.0 Å². The zero-order valence-electron chi connectivity index (χ0n) is 11.1. The molecule has 0 saturated carbocycles. The second-order valence-electron chi connectivity index (χ2n) is 5.15. The Labute approximate surface area is 129 Å². The van der Waals surface area contributed by atoms with Crippen LogP contribution in [0, 0.1) is 5.92 Å². The van der Waals surface area contributed by atoms with Gasteiger partial charge in [-0.15, -0.1) is 11.8 Å². The number of likely N-dealkylation sites (tertiary alicyclic amines) is 1. The molecule has 0 radical (unpaired) electrons. The van der Waals surface area contributed by atoms with Crippen molar-refractivity contribution in [2.75, 3.05) is 25.4 Å². The van der Waals surface area contributed by atoms with E-state index in [1.54, 1.807) is 11.8 Å². The number of hydrogen-bond acceptors (Lipinski definition) is 3. The first-order valence-corrected chi connectivity index (χ1v) is 8.36. The van der Waals surface area contributed by atoms with Gasteiger partial charge in [0.1, 0.15) is 0 Å². The standard InChI is InChI=1S/C14H20Cl2N2S/c1-10-9-18(5-4-13(10)17)6-7-19-14-8-11(15)2-3-12(14)16/h2-3,8,10,13H,4-7,9,17H2,1H3. The lowest BCUT2D eigenvalue weighted by atomic mass is 9.95. The first-order valence-electron chi connectivity index (χ1n) is 6.62. The van der Waals surface area contributed by atoms with Gasteiger partial charge in [0.2, 0.25) is 0 Å². The SMILES string of the molecule is CC1CN(CCSc2cc(Cl)ccc2Cl)CCC1N. The van der Waals surface area contributed by atoms with Gasteiger partial charge in [0.05, 0.1) is 5.02 Å². The molecule has 1 aliphatic rings. The third-order valence-electron chi connectivity index (χ3n) is 3.61. The zero-order valence-corrected chi connectivity index (χ0v) is 13.4. The van der Waals surface area contributed by atoms with Gasteiger partial charge in [-0.05, 0) is 37.1 Å². The summed E-state index contributed by atoms with van der Waals surface area (Å²) in [5.41, 5.74) is 6.03. The maximum Gasteiger partial charge on any atom is 0.0542 e. The summed E-state index contributed by atoms with van der Waals surface area (Å²) < 4.78 is 0. The van der Waals surface area contributed by atoms with Crippen LogP contribution in [0.15, 0.2) is 23.1 Å². The number of nitrogens with zero attached hydrogens (tertiary/aromatic N) is 1. The molecule has 0 bridgehead atoms. The summed E-state index contributed by atoms with van der Waals surface area (Å²) in [6.45, 7) is 5.52. The van der Waals surface area contributed by atoms with E-state index in [4.69, 9.17) is 28.9 Å². The number of piperidine rings is 1. The molecule has 0 amide bonds. The fourth-order valence-corrected chi connectivity index (χ4v) is 3.83. The first kappa shape index (κ1) is 15.5. The van der Waals surface area contributed by atoms with Gasteiger partial charge >= 0.3 is 0 Å². The van der Waals surface area contributed by atoms with Gasteiger partial charge in [-0.3, -0.25) is 0 Å². The molecule has 1 aromatic carbocycles. The maximum absolute atomic E-state index is 6.15. The van der Waals surface area contributed by atoms with Crippen molar-refractivity contribution in [1.29, 1.82) is 0 Å². The molecule has 19 heavy (non-hydrogen) atoms. The average molecular weight is 319 g/mol. The van der Waals surface area contributed by atoms with Crippen LogP contribution in [-0.4, -0.2) is 36.3 Å². The number of halogens is 2. The zero-order chi connectivity index (χ0) is 13.8. The van der Waals surface area contributed by atoms with Gasteiger partial charge in [-0.25, -0.2) is 0 Å². The van der Waals surface area contributed by atoms with Crippen molar-refractivity contribution in [3.05, 3.63) is 28.2 Å². The number of rotatable bonds is 4. The van der Waals surface area contributed by atoms with E-state index < -0.39 is 0 Å². The highest BCUT2D eigenvalue weighted by molar-refractivity contribution is 7.99. The van der Waals surface area contributed by atoms with E-state index >= 15 is 0 Å². The largest absolute Gasteiger partial charge is 0.327 e. The van der Waals surface area contributed by atoms with Gasteiger partial charge in [0.25, 0.3) is 0 Å². The normalized spacial score (nSPS) is 24.6. The Kier molecular flexibility index (Phi) is 5.85. The van der Waals surface area contributed by atoms with E-state index in [2.05, 4.69) is 11.8 Å². The molecule has 2 atom stereocenters. The van der Waals surface area contributed by atoms with Crippen LogP contribution in [0.5, 0.6) is 0 Å². The van der Waals surface area contributed by atoms with Gasteiger partial charge in [0.15, 0.2) is 0 Å². The van der Waals surface area contributed by atoms with E-state index in [-0.39, 0.29) is 0 Å². The first-order chi connectivity index (χ1) is 9.06. The van der Waals surface area contributed by atoms with Gasteiger partial charge in [-0.2, -0.15) is 0 Å². The third-order valence-corrected chi connectivity index (χ3v) is 5.33. The summed E-state index contributed by atoms with van der Waals surface area (Å²) in [5.74, 6) is 1.62. The molecule has 1 aromatic rings. The minimum absolute atomic E-state index is 0.367. The Hall–Kier alpha value is 0.0700. The molecule has 0 aliphatic carbocycles. The fraction of sp³-hybridized carbons (Fsp3) is 0.571. The topological polar surface area (TPSA) is 29.3 Å². The van der Waals surface area contributed by atoms with Crippen molar-refractivity contribution < 1.29 is 0 Å². The Morgan fingerprint density at radius 1 is 1.42 bits per heavy atom. The molecule has 1 fully saturated rings. The van der Waals surface area contributed by atoms with Crippen LogP contribution in [0.3, 0.4) is 0 Å². The summed E-state index contributed by atoms with van der Waals surface area (Å²) in [7, 11) is 0. The number of thioether (sulfide) groups is 1. The number of benzene rings is 1. The molecular formula is C14H20Cl2N2S. The van der Waals surface area contributed by atoms with Crippen LogP contribution in [0.25, 0.3) is 0 Å². The third kappa shape index (κ3) is 4.54. The van der Waals surface area contributed by atoms with Crippen LogP contribution < -0.4 is 5.73 Å². The molecule has 2 unspecified atom stereocenters. The molecule has 2 N–H and O–H groups in total. The molecule has 106 valence electrons. The predicted molar refractivity (Wildman–Crippen MR) is 85.4 cm³/mol. The highest BCUT2D eigenvalue weighted by atomic mass is 35.5. The highest BCUT2D eigenvalue weighted by Crippen LogP contribution is 2.30. The molecule has 2 nitrogen and oxygen atoms in total. The molecule has 0 aromatic heterocycles. The van der Waals surface area contributed by atoms with Crippen LogP contribution in [-0.2, 0) is 0 Å². The van der Waals surface area contributed by atoms with E-state index in [1.165, 1.54) is 0 Å². The number of hydrogen-bond donors (Lipinski definition) is 1. The molecule has 2 rings (SSSR count). The van der Waals surface area contributed by atoms with Crippen LogP contribution >= 0.6 is 35.0 Å².